The van der Waals surface area contributed by atoms with Gasteiger partial charge in [-0.25, -0.2) is 0 Å². The number of hydrogen-bond donors (Lipinski definition) is 3. The number of para-hydroxylation sites is 2. The molecule has 6 heteroatoms. The van der Waals surface area contributed by atoms with Gasteiger partial charge in [0.25, 0.3) is 0 Å². The number of guanidine groups is 1. The fourth-order valence-electron chi connectivity index (χ4n) is 2.33. The molecule has 0 saturated heterocycles. The zero-order valence-electron chi connectivity index (χ0n) is 14.0. The van der Waals surface area contributed by atoms with Crippen LogP contribution in [0.4, 0.5) is 5.69 Å². The molecule has 0 aliphatic rings. The number of methoxy groups -OCH3 is 2. The van der Waals surface area contributed by atoms with Gasteiger partial charge in [-0.1, -0.05) is 30.3 Å². The van der Waals surface area contributed by atoms with Gasteiger partial charge in [0.05, 0.1) is 13.7 Å². The Hall–Kier alpha value is -2.73. The molecular weight excluding hydrogens is 306 g/mol. The lowest BCUT2D eigenvalue weighted by Gasteiger charge is -2.11. The summed E-state index contributed by atoms with van der Waals surface area (Å²) in [5.41, 5.74) is 8.58. The third-order valence-corrected chi connectivity index (χ3v) is 3.55. The maximum atomic E-state index is 10.1. The summed E-state index contributed by atoms with van der Waals surface area (Å²) in [7, 11) is 3.17. The van der Waals surface area contributed by atoms with Gasteiger partial charge in [0.1, 0.15) is 0 Å². The molecule has 0 spiro atoms. The lowest BCUT2D eigenvalue weighted by Crippen LogP contribution is -2.23. The van der Waals surface area contributed by atoms with E-state index in [4.69, 9.17) is 15.2 Å². The van der Waals surface area contributed by atoms with Crippen LogP contribution >= 0.6 is 0 Å². The largest absolute Gasteiger partial charge is 0.504 e. The van der Waals surface area contributed by atoms with Crippen molar-refractivity contribution < 1.29 is 14.6 Å². The summed E-state index contributed by atoms with van der Waals surface area (Å²) < 4.78 is 10.3. The first-order valence-corrected chi connectivity index (χ1v) is 7.64. The summed E-state index contributed by atoms with van der Waals surface area (Å²) in [6.07, 6.45) is 0.561. The standard InChI is InChI=1S/C18H23N3O3/c1-23-12-14-6-3-4-8-15(14)21-18(19)20-11-10-13-7-5-9-16(24-2)17(13)22/h3-9,22H,10-12H2,1-2H3,(H3,19,20,21). The van der Waals surface area contributed by atoms with Gasteiger partial charge in [-0.15, -0.1) is 0 Å². The normalized spacial score (nSPS) is 11.3. The fourth-order valence-corrected chi connectivity index (χ4v) is 2.33. The second kappa shape index (κ2) is 8.79. The molecule has 24 heavy (non-hydrogen) atoms. The molecule has 4 N–H and O–H groups in total. The Morgan fingerprint density at radius 1 is 1.12 bits per heavy atom. The highest BCUT2D eigenvalue weighted by Crippen LogP contribution is 2.29. The topological polar surface area (TPSA) is 89.1 Å². The Labute approximate surface area is 141 Å². The van der Waals surface area contributed by atoms with Crippen LogP contribution in [0.3, 0.4) is 0 Å². The Kier molecular flexibility index (Phi) is 6.45. The second-order valence-electron chi connectivity index (χ2n) is 5.20. The summed E-state index contributed by atoms with van der Waals surface area (Å²) in [6.45, 7) is 0.945. The number of ether oxygens (including phenoxy) is 2. The molecule has 128 valence electrons. The molecule has 0 aliphatic carbocycles. The van der Waals surface area contributed by atoms with E-state index in [1.54, 1.807) is 13.2 Å². The van der Waals surface area contributed by atoms with Crippen molar-refractivity contribution >= 4 is 11.6 Å². The Balaban J connectivity index is 1.98. The van der Waals surface area contributed by atoms with Crippen LogP contribution in [0.15, 0.2) is 47.5 Å². The molecule has 0 bridgehead atoms. The minimum absolute atomic E-state index is 0.146. The van der Waals surface area contributed by atoms with Crippen LogP contribution in [-0.2, 0) is 17.8 Å². The number of aliphatic imine (C=N–C) groups is 1. The van der Waals surface area contributed by atoms with Crippen molar-refractivity contribution in [1.29, 1.82) is 0 Å². The predicted molar refractivity (Wildman–Crippen MR) is 95.6 cm³/mol. The minimum atomic E-state index is 0.146. The monoisotopic (exact) mass is 329 g/mol. The maximum absolute atomic E-state index is 10.1. The van der Waals surface area contributed by atoms with Gasteiger partial charge < -0.3 is 25.6 Å². The molecule has 0 fully saturated rings. The average molecular weight is 329 g/mol. The Morgan fingerprint density at radius 2 is 1.88 bits per heavy atom. The van der Waals surface area contributed by atoms with Crippen molar-refractivity contribution in [2.45, 2.75) is 13.0 Å². The summed E-state index contributed by atoms with van der Waals surface area (Å²) in [6, 6.07) is 13.1. The highest BCUT2D eigenvalue weighted by Gasteiger charge is 2.07. The van der Waals surface area contributed by atoms with E-state index in [1.807, 2.05) is 36.4 Å². The van der Waals surface area contributed by atoms with Gasteiger partial charge in [-0.2, -0.15) is 0 Å². The average Bonchev–Trinajstić information content (AvgIpc) is 2.58. The van der Waals surface area contributed by atoms with E-state index in [-0.39, 0.29) is 5.75 Å². The number of nitrogens with one attached hydrogen (secondary N) is 1. The molecule has 0 unspecified atom stereocenters. The van der Waals surface area contributed by atoms with Crippen molar-refractivity contribution in [3.05, 3.63) is 53.6 Å². The van der Waals surface area contributed by atoms with Crippen LogP contribution in [0.2, 0.25) is 0 Å². The number of phenolic OH excluding ortho intramolecular Hbond substituents is 1. The summed E-state index contributed by atoms with van der Waals surface area (Å²) in [4.78, 5) is 4.30. The van der Waals surface area contributed by atoms with Crippen LogP contribution in [0, 0.1) is 0 Å². The molecule has 6 nitrogen and oxygen atoms in total. The van der Waals surface area contributed by atoms with Crippen molar-refractivity contribution in [2.75, 3.05) is 26.1 Å². The van der Waals surface area contributed by atoms with E-state index in [9.17, 15) is 5.11 Å². The number of phenols is 1. The first-order chi connectivity index (χ1) is 11.7. The van der Waals surface area contributed by atoms with Gasteiger partial charge in [-0.3, -0.25) is 4.99 Å². The molecule has 2 rings (SSSR count). The zero-order valence-corrected chi connectivity index (χ0v) is 14.0. The highest BCUT2D eigenvalue weighted by molar-refractivity contribution is 5.92. The molecule has 2 aromatic carbocycles. The van der Waals surface area contributed by atoms with Crippen LogP contribution in [0.25, 0.3) is 0 Å². The lowest BCUT2D eigenvalue weighted by molar-refractivity contribution is 0.185. The minimum Gasteiger partial charge on any atom is -0.504 e. The fraction of sp³-hybridized carbons (Fsp3) is 0.278. The predicted octanol–water partition coefficient (Wildman–Crippen LogP) is 2.52. The van der Waals surface area contributed by atoms with E-state index in [0.29, 0.717) is 31.3 Å². The molecule has 0 amide bonds. The SMILES string of the molecule is COCc1ccccc1NC(N)=NCCc1cccc(OC)c1O. The number of anilines is 1. The van der Waals surface area contributed by atoms with Crippen molar-refractivity contribution in [3.8, 4) is 11.5 Å². The molecule has 2 aromatic rings. The lowest BCUT2D eigenvalue weighted by atomic mass is 10.1. The van der Waals surface area contributed by atoms with Gasteiger partial charge >= 0.3 is 0 Å². The van der Waals surface area contributed by atoms with Crippen molar-refractivity contribution in [2.24, 2.45) is 10.7 Å². The number of hydrogen-bond acceptors (Lipinski definition) is 4. The van der Waals surface area contributed by atoms with E-state index in [0.717, 1.165) is 16.8 Å². The summed E-state index contributed by atoms with van der Waals surface area (Å²) in [5, 5.41) is 13.1. The Morgan fingerprint density at radius 3 is 2.62 bits per heavy atom. The molecule has 0 radical (unpaired) electrons. The highest BCUT2D eigenvalue weighted by atomic mass is 16.5. The van der Waals surface area contributed by atoms with E-state index in [2.05, 4.69) is 10.3 Å². The number of nitrogens with zero attached hydrogens (tertiary/aromatic N) is 1. The van der Waals surface area contributed by atoms with Crippen LogP contribution in [0.5, 0.6) is 11.5 Å². The van der Waals surface area contributed by atoms with Gasteiger partial charge in [-0.05, 0) is 24.1 Å². The van der Waals surface area contributed by atoms with Crippen LogP contribution in [0.1, 0.15) is 11.1 Å². The smallest absolute Gasteiger partial charge is 0.193 e. The number of nitrogens with two attached hydrogens (primary N) is 1. The van der Waals surface area contributed by atoms with Crippen LogP contribution < -0.4 is 15.8 Å². The molecule has 0 atom stereocenters. The van der Waals surface area contributed by atoms with Gasteiger partial charge in [0.15, 0.2) is 17.5 Å². The first kappa shape index (κ1) is 17.6. The zero-order chi connectivity index (χ0) is 17.4. The molecule has 0 heterocycles. The van der Waals surface area contributed by atoms with Crippen molar-refractivity contribution in [3.63, 3.8) is 0 Å². The second-order valence-corrected chi connectivity index (χ2v) is 5.20. The van der Waals surface area contributed by atoms with Crippen LogP contribution in [-0.4, -0.2) is 31.8 Å². The third kappa shape index (κ3) is 4.63. The molecule has 0 aliphatic heterocycles. The van der Waals surface area contributed by atoms with E-state index < -0.39 is 0 Å². The maximum Gasteiger partial charge on any atom is 0.193 e. The first-order valence-electron chi connectivity index (χ1n) is 7.64. The number of benzene rings is 2. The number of aromatic hydroxyl groups is 1. The van der Waals surface area contributed by atoms with Gasteiger partial charge in [0.2, 0.25) is 0 Å². The van der Waals surface area contributed by atoms with E-state index in [1.165, 1.54) is 7.11 Å². The molecule has 0 saturated carbocycles. The Bertz CT molecular complexity index is 702. The third-order valence-electron chi connectivity index (χ3n) is 3.55. The van der Waals surface area contributed by atoms with Crippen molar-refractivity contribution in [1.82, 2.24) is 0 Å². The molecular formula is C18H23N3O3. The molecule has 0 aromatic heterocycles. The van der Waals surface area contributed by atoms with Gasteiger partial charge in [0, 0.05) is 24.9 Å². The summed E-state index contributed by atoms with van der Waals surface area (Å²) in [5.74, 6) is 0.921. The number of rotatable bonds is 7. The quantitative estimate of drug-likeness (QED) is 0.536. The summed E-state index contributed by atoms with van der Waals surface area (Å²) >= 11 is 0. The van der Waals surface area contributed by atoms with E-state index >= 15 is 0 Å².